The fourth-order valence-electron chi connectivity index (χ4n) is 1.76. The van der Waals surface area contributed by atoms with Crippen LogP contribution in [0.5, 0.6) is 0 Å². The first kappa shape index (κ1) is 12.6. The molecule has 0 atom stereocenters. The molecule has 18 heavy (non-hydrogen) atoms. The minimum absolute atomic E-state index is 0.691. The molecule has 96 valence electrons. The Kier molecular flexibility index (Phi) is 3.94. The van der Waals surface area contributed by atoms with Gasteiger partial charge in [0.05, 0.1) is 6.54 Å². The summed E-state index contributed by atoms with van der Waals surface area (Å²) in [7, 11) is 5.96. The fraction of sp³-hybridized carbons (Fsp3) is 0.385. The van der Waals surface area contributed by atoms with E-state index in [2.05, 4.69) is 49.7 Å². The van der Waals surface area contributed by atoms with Crippen LogP contribution in [0.1, 0.15) is 17.2 Å². The minimum Gasteiger partial charge on any atom is -0.378 e. The van der Waals surface area contributed by atoms with E-state index >= 15 is 0 Å². The second kappa shape index (κ2) is 5.64. The van der Waals surface area contributed by atoms with Gasteiger partial charge in [-0.05, 0) is 24.7 Å². The highest BCUT2D eigenvalue weighted by atomic mass is 15.2. The Morgan fingerprint density at radius 1 is 1.22 bits per heavy atom. The largest absolute Gasteiger partial charge is 0.378 e. The predicted octanol–water partition coefficient (Wildman–Crippen LogP) is 1.18. The van der Waals surface area contributed by atoms with Gasteiger partial charge in [-0.25, -0.2) is 4.98 Å². The summed E-state index contributed by atoms with van der Waals surface area (Å²) in [5.41, 5.74) is 2.43. The van der Waals surface area contributed by atoms with Gasteiger partial charge >= 0.3 is 0 Å². The molecule has 0 aliphatic carbocycles. The van der Waals surface area contributed by atoms with Crippen LogP contribution < -0.4 is 10.2 Å². The van der Waals surface area contributed by atoms with Crippen molar-refractivity contribution >= 4 is 5.69 Å². The molecule has 0 saturated carbocycles. The van der Waals surface area contributed by atoms with Crippen LogP contribution in [-0.4, -0.2) is 36.3 Å². The van der Waals surface area contributed by atoms with Crippen molar-refractivity contribution in [1.29, 1.82) is 0 Å². The molecule has 2 rings (SSSR count). The highest BCUT2D eigenvalue weighted by molar-refractivity contribution is 5.46. The Balaban J connectivity index is 2.03. The molecule has 5 nitrogen and oxygen atoms in total. The van der Waals surface area contributed by atoms with Crippen LogP contribution in [0.25, 0.3) is 0 Å². The van der Waals surface area contributed by atoms with E-state index < -0.39 is 0 Å². The number of aromatic amines is 1. The molecule has 2 N–H and O–H groups in total. The number of nitrogens with zero attached hydrogens (tertiary/aromatic N) is 3. The van der Waals surface area contributed by atoms with Crippen LogP contribution in [0, 0.1) is 0 Å². The summed E-state index contributed by atoms with van der Waals surface area (Å²) in [5, 5.41) is 10.1. The molecule has 1 aromatic carbocycles. The van der Waals surface area contributed by atoms with Gasteiger partial charge in [0.15, 0.2) is 5.82 Å². The number of nitrogens with one attached hydrogen (secondary N) is 2. The normalized spacial score (nSPS) is 10.6. The Morgan fingerprint density at radius 3 is 2.56 bits per heavy atom. The topological polar surface area (TPSA) is 56.8 Å². The molecule has 5 heteroatoms. The average Bonchev–Trinajstić information content (AvgIpc) is 2.78. The van der Waals surface area contributed by atoms with Crippen LogP contribution in [-0.2, 0) is 13.0 Å². The second-order valence-electron chi connectivity index (χ2n) is 4.47. The van der Waals surface area contributed by atoms with Gasteiger partial charge in [-0.15, -0.1) is 0 Å². The zero-order valence-corrected chi connectivity index (χ0v) is 11.1. The molecule has 0 radical (unpaired) electrons. The first-order chi connectivity index (χ1) is 8.69. The highest BCUT2D eigenvalue weighted by Gasteiger charge is 2.03. The average molecular weight is 245 g/mol. The monoisotopic (exact) mass is 245 g/mol. The number of benzene rings is 1. The summed E-state index contributed by atoms with van der Waals surface area (Å²) in [5.74, 6) is 1.70. The van der Waals surface area contributed by atoms with Gasteiger partial charge in [-0.1, -0.05) is 12.1 Å². The summed E-state index contributed by atoms with van der Waals surface area (Å²) in [6.07, 6.45) is 0.782. The van der Waals surface area contributed by atoms with Crippen LogP contribution >= 0.6 is 0 Å². The molecule has 1 heterocycles. The predicted molar refractivity (Wildman–Crippen MR) is 72.7 cm³/mol. The van der Waals surface area contributed by atoms with Crippen LogP contribution in [0.15, 0.2) is 24.3 Å². The van der Waals surface area contributed by atoms with E-state index in [1.165, 1.54) is 11.3 Å². The summed E-state index contributed by atoms with van der Waals surface area (Å²) >= 11 is 0. The minimum atomic E-state index is 0.691. The number of hydrogen-bond acceptors (Lipinski definition) is 4. The number of hydrogen-bond donors (Lipinski definition) is 2. The molecule has 0 aliphatic rings. The van der Waals surface area contributed by atoms with Crippen molar-refractivity contribution < 1.29 is 0 Å². The summed E-state index contributed by atoms with van der Waals surface area (Å²) in [4.78, 5) is 6.50. The van der Waals surface area contributed by atoms with Gasteiger partial charge in [-0.2, -0.15) is 5.10 Å². The molecule has 1 aromatic heterocycles. The molecule has 2 aromatic rings. The summed E-state index contributed by atoms with van der Waals surface area (Å²) in [6, 6.07) is 8.46. The SMILES string of the molecule is CNCc1n[nH]c(Cc2ccc(N(C)C)cc2)n1. The van der Waals surface area contributed by atoms with Crippen LogP contribution in [0.4, 0.5) is 5.69 Å². The molecular formula is C13H19N5. The number of H-pyrrole nitrogens is 1. The molecule has 0 fully saturated rings. The Hall–Kier alpha value is -1.88. The van der Waals surface area contributed by atoms with Gasteiger partial charge < -0.3 is 10.2 Å². The lowest BCUT2D eigenvalue weighted by molar-refractivity contribution is 0.762. The Labute approximate surface area is 107 Å². The van der Waals surface area contributed by atoms with Crippen molar-refractivity contribution in [2.45, 2.75) is 13.0 Å². The maximum absolute atomic E-state index is 4.41. The second-order valence-corrected chi connectivity index (χ2v) is 4.47. The van der Waals surface area contributed by atoms with E-state index in [0.29, 0.717) is 6.54 Å². The molecule has 0 bridgehead atoms. The molecule has 0 unspecified atom stereocenters. The zero-order chi connectivity index (χ0) is 13.0. The zero-order valence-electron chi connectivity index (χ0n) is 11.1. The maximum Gasteiger partial charge on any atom is 0.164 e. The van der Waals surface area contributed by atoms with Crippen LogP contribution in [0.2, 0.25) is 0 Å². The van der Waals surface area contributed by atoms with E-state index in [4.69, 9.17) is 0 Å². The van der Waals surface area contributed by atoms with E-state index in [1.807, 2.05) is 21.1 Å². The van der Waals surface area contributed by atoms with Gasteiger partial charge in [0.2, 0.25) is 0 Å². The molecule has 0 spiro atoms. The first-order valence-corrected chi connectivity index (χ1v) is 6.00. The lowest BCUT2D eigenvalue weighted by Crippen LogP contribution is -2.08. The molecule has 0 aliphatic heterocycles. The van der Waals surface area contributed by atoms with Crippen LogP contribution in [0.3, 0.4) is 0 Å². The van der Waals surface area contributed by atoms with Crippen molar-refractivity contribution in [3.05, 3.63) is 41.5 Å². The number of rotatable bonds is 5. The molecule has 0 amide bonds. The standard InChI is InChI=1S/C13H19N5/c1-14-9-13-15-12(16-17-13)8-10-4-6-11(7-5-10)18(2)3/h4-7,14H,8-9H2,1-3H3,(H,15,16,17). The molecule has 0 saturated heterocycles. The third-order valence-corrected chi connectivity index (χ3v) is 2.74. The third-order valence-electron chi connectivity index (χ3n) is 2.74. The van der Waals surface area contributed by atoms with E-state index in [9.17, 15) is 0 Å². The lowest BCUT2D eigenvalue weighted by atomic mass is 10.1. The van der Waals surface area contributed by atoms with Crippen molar-refractivity contribution in [1.82, 2.24) is 20.5 Å². The lowest BCUT2D eigenvalue weighted by Gasteiger charge is -2.12. The smallest absolute Gasteiger partial charge is 0.164 e. The first-order valence-electron chi connectivity index (χ1n) is 6.00. The van der Waals surface area contributed by atoms with E-state index in [1.54, 1.807) is 0 Å². The summed E-state index contributed by atoms with van der Waals surface area (Å²) < 4.78 is 0. The van der Waals surface area contributed by atoms with Crippen molar-refractivity contribution in [2.24, 2.45) is 0 Å². The number of aromatic nitrogens is 3. The number of anilines is 1. The maximum atomic E-state index is 4.41. The van der Waals surface area contributed by atoms with Crippen molar-refractivity contribution in [3.8, 4) is 0 Å². The quantitative estimate of drug-likeness (QED) is 0.830. The van der Waals surface area contributed by atoms with Gasteiger partial charge in [-0.3, -0.25) is 5.10 Å². The van der Waals surface area contributed by atoms with Gasteiger partial charge in [0, 0.05) is 26.2 Å². The fourth-order valence-corrected chi connectivity index (χ4v) is 1.76. The Morgan fingerprint density at radius 2 is 1.94 bits per heavy atom. The molecular weight excluding hydrogens is 226 g/mol. The highest BCUT2D eigenvalue weighted by Crippen LogP contribution is 2.13. The van der Waals surface area contributed by atoms with Gasteiger partial charge in [0.25, 0.3) is 0 Å². The summed E-state index contributed by atoms with van der Waals surface area (Å²) in [6.45, 7) is 0.691. The van der Waals surface area contributed by atoms with E-state index in [0.717, 1.165) is 18.1 Å². The van der Waals surface area contributed by atoms with Gasteiger partial charge in [0.1, 0.15) is 5.82 Å². The third kappa shape index (κ3) is 3.07. The Bertz CT molecular complexity index is 486. The van der Waals surface area contributed by atoms with E-state index in [-0.39, 0.29) is 0 Å². The van der Waals surface area contributed by atoms with Crippen molar-refractivity contribution in [2.75, 3.05) is 26.0 Å². The van der Waals surface area contributed by atoms with Crippen molar-refractivity contribution in [3.63, 3.8) is 0 Å².